The minimum Gasteiger partial charge on any atom is -0.390 e. The summed E-state index contributed by atoms with van der Waals surface area (Å²) in [6.07, 6.45) is 5.01. The Morgan fingerprint density at radius 1 is 0.850 bits per heavy atom. The molecule has 4 nitrogen and oxygen atoms in total. The molecule has 0 saturated carbocycles. The fourth-order valence-corrected chi connectivity index (χ4v) is 3.27. The van der Waals surface area contributed by atoms with Crippen molar-refractivity contribution < 1.29 is 19.7 Å². The van der Waals surface area contributed by atoms with Crippen LogP contribution in [-0.2, 0) is 9.47 Å². The Hall–Kier alpha value is -0.160. The van der Waals surface area contributed by atoms with Gasteiger partial charge in [0.05, 0.1) is 37.6 Å². The Morgan fingerprint density at radius 2 is 1.25 bits per heavy atom. The third-order valence-corrected chi connectivity index (χ3v) is 4.99. The lowest BCUT2D eigenvalue weighted by Gasteiger charge is -2.40. The first kappa shape index (κ1) is 16.2. The van der Waals surface area contributed by atoms with Gasteiger partial charge >= 0.3 is 0 Å². The molecule has 0 bridgehead atoms. The van der Waals surface area contributed by atoms with Gasteiger partial charge in [-0.15, -0.1) is 0 Å². The van der Waals surface area contributed by atoms with E-state index < -0.39 is 0 Å². The monoisotopic (exact) mass is 286 g/mol. The second-order valence-electron chi connectivity index (χ2n) is 6.35. The largest absolute Gasteiger partial charge is 0.390 e. The molecular formula is C16H30O4. The molecule has 4 heteroatoms. The SMILES string of the molecule is CCC1COC1C(O)CCCCC(O)C1OCC1CC. The molecule has 20 heavy (non-hydrogen) atoms. The number of aliphatic hydroxyl groups is 2. The quantitative estimate of drug-likeness (QED) is 0.637. The van der Waals surface area contributed by atoms with Crippen LogP contribution >= 0.6 is 0 Å². The maximum Gasteiger partial charge on any atom is 0.0883 e. The lowest BCUT2D eigenvalue weighted by Crippen LogP contribution is -2.48. The molecule has 0 spiro atoms. The Balaban J connectivity index is 1.55. The van der Waals surface area contributed by atoms with E-state index in [1.165, 1.54) is 0 Å². The van der Waals surface area contributed by atoms with Crippen LogP contribution in [0.5, 0.6) is 0 Å². The van der Waals surface area contributed by atoms with E-state index in [9.17, 15) is 10.2 Å². The lowest BCUT2D eigenvalue weighted by molar-refractivity contribution is -0.172. The molecule has 6 unspecified atom stereocenters. The van der Waals surface area contributed by atoms with Gasteiger partial charge in [-0.25, -0.2) is 0 Å². The van der Waals surface area contributed by atoms with Gasteiger partial charge in [-0.2, -0.15) is 0 Å². The van der Waals surface area contributed by atoms with Crippen LogP contribution < -0.4 is 0 Å². The van der Waals surface area contributed by atoms with Gasteiger partial charge in [-0.05, 0) is 25.7 Å². The van der Waals surface area contributed by atoms with Crippen LogP contribution in [-0.4, -0.2) is 47.8 Å². The van der Waals surface area contributed by atoms with Crippen LogP contribution in [0.2, 0.25) is 0 Å². The molecule has 2 fully saturated rings. The molecule has 0 amide bonds. The van der Waals surface area contributed by atoms with Crippen molar-refractivity contribution in [2.45, 2.75) is 76.8 Å². The summed E-state index contributed by atoms with van der Waals surface area (Å²) in [5.41, 5.74) is 0. The van der Waals surface area contributed by atoms with Gasteiger partial charge in [0.25, 0.3) is 0 Å². The number of unbranched alkanes of at least 4 members (excludes halogenated alkanes) is 1. The van der Waals surface area contributed by atoms with Gasteiger partial charge in [-0.3, -0.25) is 0 Å². The van der Waals surface area contributed by atoms with E-state index in [0.717, 1.165) is 51.7 Å². The van der Waals surface area contributed by atoms with Gasteiger partial charge in [0.2, 0.25) is 0 Å². The highest BCUT2D eigenvalue weighted by atomic mass is 16.5. The van der Waals surface area contributed by atoms with E-state index in [2.05, 4.69) is 13.8 Å². The standard InChI is InChI=1S/C16H30O4/c1-3-11-9-19-15(11)13(17)7-5-6-8-14(18)16-12(4-2)10-20-16/h11-18H,3-10H2,1-2H3. The van der Waals surface area contributed by atoms with E-state index in [1.54, 1.807) is 0 Å². The third kappa shape index (κ3) is 3.73. The van der Waals surface area contributed by atoms with Gasteiger partial charge in [0.1, 0.15) is 0 Å². The van der Waals surface area contributed by atoms with E-state index in [-0.39, 0.29) is 24.4 Å². The zero-order valence-corrected chi connectivity index (χ0v) is 12.8. The van der Waals surface area contributed by atoms with E-state index in [0.29, 0.717) is 11.8 Å². The summed E-state index contributed by atoms with van der Waals surface area (Å²) in [6.45, 7) is 5.89. The Kier molecular flexibility index (Phi) is 6.27. The van der Waals surface area contributed by atoms with Crippen LogP contribution in [0.15, 0.2) is 0 Å². The summed E-state index contributed by atoms with van der Waals surface area (Å²) < 4.78 is 10.9. The summed E-state index contributed by atoms with van der Waals surface area (Å²) >= 11 is 0. The average molecular weight is 286 g/mol. The van der Waals surface area contributed by atoms with Crippen molar-refractivity contribution in [1.29, 1.82) is 0 Å². The molecule has 2 N–H and O–H groups in total. The number of aliphatic hydroxyl groups excluding tert-OH is 2. The second kappa shape index (κ2) is 7.74. The second-order valence-corrected chi connectivity index (χ2v) is 6.35. The molecule has 2 saturated heterocycles. The molecule has 0 aromatic carbocycles. The summed E-state index contributed by atoms with van der Waals surface area (Å²) in [5.74, 6) is 1.06. The van der Waals surface area contributed by atoms with Crippen LogP contribution in [0.3, 0.4) is 0 Å². The first-order valence-electron chi connectivity index (χ1n) is 8.26. The Morgan fingerprint density at radius 3 is 1.50 bits per heavy atom. The van der Waals surface area contributed by atoms with Crippen molar-refractivity contribution in [2.24, 2.45) is 11.8 Å². The average Bonchev–Trinajstić information content (AvgIpc) is 2.33. The van der Waals surface area contributed by atoms with Gasteiger partial charge in [0, 0.05) is 11.8 Å². The van der Waals surface area contributed by atoms with Gasteiger partial charge < -0.3 is 19.7 Å². The molecule has 0 aliphatic carbocycles. The predicted octanol–water partition coefficient (Wildman–Crippen LogP) is 2.12. The van der Waals surface area contributed by atoms with Crippen LogP contribution in [0.1, 0.15) is 52.4 Å². The highest BCUT2D eigenvalue weighted by molar-refractivity contribution is 4.85. The molecule has 2 aliphatic rings. The van der Waals surface area contributed by atoms with Crippen molar-refractivity contribution >= 4 is 0 Å². The number of ether oxygens (including phenoxy) is 2. The minimum atomic E-state index is -0.339. The zero-order valence-electron chi connectivity index (χ0n) is 12.8. The molecule has 118 valence electrons. The topological polar surface area (TPSA) is 58.9 Å². The van der Waals surface area contributed by atoms with E-state index >= 15 is 0 Å². The molecule has 0 aromatic heterocycles. The van der Waals surface area contributed by atoms with Crippen molar-refractivity contribution in [3.8, 4) is 0 Å². The van der Waals surface area contributed by atoms with Gasteiger partial charge in [-0.1, -0.05) is 26.7 Å². The lowest BCUT2D eigenvalue weighted by atomic mass is 9.87. The zero-order chi connectivity index (χ0) is 14.5. The minimum absolute atomic E-state index is 0.0457. The summed E-state index contributed by atoms with van der Waals surface area (Å²) in [5, 5.41) is 20.1. The maximum absolute atomic E-state index is 10.1. The van der Waals surface area contributed by atoms with Crippen molar-refractivity contribution in [1.82, 2.24) is 0 Å². The molecule has 2 aliphatic heterocycles. The Labute approximate surface area is 122 Å². The Bertz CT molecular complexity index is 252. The van der Waals surface area contributed by atoms with Crippen LogP contribution in [0.4, 0.5) is 0 Å². The highest BCUT2D eigenvalue weighted by Crippen LogP contribution is 2.30. The fraction of sp³-hybridized carbons (Fsp3) is 1.00. The van der Waals surface area contributed by atoms with Crippen molar-refractivity contribution in [2.75, 3.05) is 13.2 Å². The predicted molar refractivity (Wildman–Crippen MR) is 77.5 cm³/mol. The molecule has 2 heterocycles. The third-order valence-electron chi connectivity index (χ3n) is 4.99. The molecule has 2 rings (SSSR count). The number of hydrogen-bond acceptors (Lipinski definition) is 4. The van der Waals surface area contributed by atoms with Crippen molar-refractivity contribution in [3.05, 3.63) is 0 Å². The number of rotatable bonds is 9. The molecular weight excluding hydrogens is 256 g/mol. The fourth-order valence-electron chi connectivity index (χ4n) is 3.27. The molecule has 0 aromatic rings. The first-order valence-corrected chi connectivity index (χ1v) is 8.26. The highest BCUT2D eigenvalue weighted by Gasteiger charge is 2.37. The van der Waals surface area contributed by atoms with E-state index in [1.807, 2.05) is 0 Å². The normalized spacial score (nSPS) is 36.0. The molecule has 0 radical (unpaired) electrons. The summed E-state index contributed by atoms with van der Waals surface area (Å²) in [6, 6.07) is 0. The van der Waals surface area contributed by atoms with Crippen LogP contribution in [0, 0.1) is 11.8 Å². The first-order chi connectivity index (χ1) is 9.67. The maximum atomic E-state index is 10.1. The number of hydrogen-bond donors (Lipinski definition) is 2. The summed E-state index contributed by atoms with van der Waals surface area (Å²) in [7, 11) is 0. The van der Waals surface area contributed by atoms with Crippen molar-refractivity contribution in [3.63, 3.8) is 0 Å². The summed E-state index contributed by atoms with van der Waals surface area (Å²) in [4.78, 5) is 0. The smallest absolute Gasteiger partial charge is 0.0883 e. The molecule has 6 atom stereocenters. The van der Waals surface area contributed by atoms with E-state index in [4.69, 9.17) is 9.47 Å². The van der Waals surface area contributed by atoms with Crippen LogP contribution in [0.25, 0.3) is 0 Å². The van der Waals surface area contributed by atoms with Gasteiger partial charge in [0.15, 0.2) is 0 Å².